The Morgan fingerprint density at radius 3 is 2.57 bits per heavy atom. The van der Waals surface area contributed by atoms with Crippen molar-refractivity contribution >= 4 is 11.0 Å². The molecule has 2 aromatic heterocycles. The van der Waals surface area contributed by atoms with Crippen molar-refractivity contribution in [2.24, 2.45) is 7.05 Å². The monoisotopic (exact) mass is 309 g/mol. The fourth-order valence-corrected chi connectivity index (χ4v) is 3.24. The molecule has 1 N–H and O–H groups in total. The highest BCUT2D eigenvalue weighted by atomic mass is 16.1. The zero-order valence-corrected chi connectivity index (χ0v) is 13.1. The van der Waals surface area contributed by atoms with Gasteiger partial charge in [0.05, 0.1) is 12.7 Å². The van der Waals surface area contributed by atoms with Crippen LogP contribution in [0, 0.1) is 0 Å². The Labute approximate surface area is 133 Å². The van der Waals surface area contributed by atoms with E-state index in [1.165, 1.54) is 11.1 Å². The number of hydrogen-bond acceptors (Lipinski definition) is 4. The molecule has 1 aromatic carbocycles. The van der Waals surface area contributed by atoms with E-state index in [-0.39, 0.29) is 5.56 Å². The smallest absolute Gasteiger partial charge is 0.262 e. The molecular formula is C17H19N5O. The third-order valence-corrected chi connectivity index (χ3v) is 4.54. The van der Waals surface area contributed by atoms with Crippen LogP contribution in [-0.2, 0) is 26.4 Å². The van der Waals surface area contributed by atoms with E-state index in [9.17, 15) is 4.79 Å². The topological polar surface area (TPSA) is 66.8 Å². The summed E-state index contributed by atoms with van der Waals surface area (Å²) < 4.78 is 1.65. The number of aromatic amines is 1. The van der Waals surface area contributed by atoms with Gasteiger partial charge in [-0.25, -0.2) is 4.98 Å². The summed E-state index contributed by atoms with van der Waals surface area (Å²) in [5, 5.41) is 4.65. The molecule has 0 saturated carbocycles. The van der Waals surface area contributed by atoms with Gasteiger partial charge in [0.2, 0.25) is 0 Å². The zero-order valence-electron chi connectivity index (χ0n) is 13.1. The first-order chi connectivity index (χ1) is 11.2. The largest absolute Gasteiger partial charge is 0.309 e. The highest BCUT2D eigenvalue weighted by Crippen LogP contribution is 2.16. The lowest BCUT2D eigenvalue weighted by Gasteiger charge is -2.18. The van der Waals surface area contributed by atoms with Crippen molar-refractivity contribution in [2.75, 3.05) is 13.1 Å². The first-order valence-electron chi connectivity index (χ1n) is 7.91. The molecule has 4 rings (SSSR count). The third kappa shape index (κ3) is 2.66. The van der Waals surface area contributed by atoms with Crippen LogP contribution in [0.25, 0.3) is 11.0 Å². The van der Waals surface area contributed by atoms with E-state index < -0.39 is 0 Å². The number of benzene rings is 1. The minimum atomic E-state index is -0.115. The number of nitrogens with zero attached hydrogens (tertiary/aromatic N) is 4. The van der Waals surface area contributed by atoms with Crippen molar-refractivity contribution in [1.29, 1.82) is 0 Å². The van der Waals surface area contributed by atoms with Crippen LogP contribution in [0.3, 0.4) is 0 Å². The van der Waals surface area contributed by atoms with Gasteiger partial charge in [0.25, 0.3) is 5.56 Å². The van der Waals surface area contributed by atoms with Crippen molar-refractivity contribution < 1.29 is 0 Å². The molecule has 3 heterocycles. The van der Waals surface area contributed by atoms with Crippen molar-refractivity contribution in [2.45, 2.75) is 19.4 Å². The highest BCUT2D eigenvalue weighted by molar-refractivity contribution is 5.72. The van der Waals surface area contributed by atoms with Crippen molar-refractivity contribution in [3.8, 4) is 0 Å². The SMILES string of the molecule is Cn1ncc2c(=O)[nH]c(CN3CCc4ccccc4CC3)nc21. The molecule has 0 spiro atoms. The molecule has 0 amide bonds. The Morgan fingerprint density at radius 2 is 1.87 bits per heavy atom. The van der Waals surface area contributed by atoms with Crippen LogP contribution in [0.1, 0.15) is 17.0 Å². The number of aryl methyl sites for hydroxylation is 1. The number of rotatable bonds is 2. The van der Waals surface area contributed by atoms with Gasteiger partial charge in [-0.05, 0) is 24.0 Å². The lowest BCUT2D eigenvalue weighted by molar-refractivity contribution is 0.272. The molecule has 0 radical (unpaired) electrons. The number of H-pyrrole nitrogens is 1. The fourth-order valence-electron chi connectivity index (χ4n) is 3.24. The number of fused-ring (bicyclic) bond motifs is 2. The van der Waals surface area contributed by atoms with Crippen molar-refractivity contribution in [3.05, 3.63) is 57.8 Å². The molecule has 0 atom stereocenters. The second-order valence-electron chi connectivity index (χ2n) is 6.06. The maximum absolute atomic E-state index is 12.1. The van der Waals surface area contributed by atoms with Crippen LogP contribution >= 0.6 is 0 Å². The lowest BCUT2D eigenvalue weighted by atomic mass is 10.0. The maximum Gasteiger partial charge on any atom is 0.262 e. The van der Waals surface area contributed by atoms with E-state index in [2.05, 4.69) is 44.2 Å². The molecule has 1 aliphatic rings. The van der Waals surface area contributed by atoms with E-state index in [0.29, 0.717) is 23.4 Å². The van der Waals surface area contributed by atoms with Gasteiger partial charge >= 0.3 is 0 Å². The van der Waals surface area contributed by atoms with E-state index in [4.69, 9.17) is 0 Å². The summed E-state index contributed by atoms with van der Waals surface area (Å²) in [4.78, 5) is 21.9. The molecule has 6 heteroatoms. The van der Waals surface area contributed by atoms with Crippen LogP contribution in [0.5, 0.6) is 0 Å². The Morgan fingerprint density at radius 1 is 1.17 bits per heavy atom. The molecule has 1 aliphatic heterocycles. The molecule has 0 fully saturated rings. The summed E-state index contributed by atoms with van der Waals surface area (Å²) >= 11 is 0. The fraction of sp³-hybridized carbons (Fsp3) is 0.353. The maximum atomic E-state index is 12.1. The Kier molecular flexibility index (Phi) is 3.46. The molecule has 0 bridgehead atoms. The predicted octanol–water partition coefficient (Wildman–Crippen LogP) is 1.26. The van der Waals surface area contributed by atoms with Crippen LogP contribution < -0.4 is 5.56 Å². The van der Waals surface area contributed by atoms with Crippen LogP contribution in [0.2, 0.25) is 0 Å². The van der Waals surface area contributed by atoms with E-state index in [1.54, 1.807) is 17.9 Å². The zero-order chi connectivity index (χ0) is 15.8. The van der Waals surface area contributed by atoms with Gasteiger partial charge in [-0.15, -0.1) is 0 Å². The summed E-state index contributed by atoms with van der Waals surface area (Å²) in [6.45, 7) is 2.61. The first-order valence-corrected chi connectivity index (χ1v) is 7.91. The number of hydrogen-bond donors (Lipinski definition) is 1. The molecular weight excluding hydrogens is 290 g/mol. The van der Waals surface area contributed by atoms with Crippen LogP contribution in [0.4, 0.5) is 0 Å². The highest BCUT2D eigenvalue weighted by Gasteiger charge is 2.16. The van der Waals surface area contributed by atoms with Gasteiger partial charge in [0, 0.05) is 20.1 Å². The Bertz CT molecular complexity index is 884. The van der Waals surface area contributed by atoms with Crippen molar-refractivity contribution in [1.82, 2.24) is 24.6 Å². The minimum absolute atomic E-state index is 0.115. The normalized spacial score (nSPS) is 15.5. The third-order valence-electron chi connectivity index (χ3n) is 4.54. The summed E-state index contributed by atoms with van der Waals surface area (Å²) in [6.07, 6.45) is 3.64. The van der Waals surface area contributed by atoms with Crippen molar-refractivity contribution in [3.63, 3.8) is 0 Å². The van der Waals surface area contributed by atoms with Gasteiger partial charge in [0.1, 0.15) is 11.2 Å². The van der Waals surface area contributed by atoms with Gasteiger partial charge in [0.15, 0.2) is 5.65 Å². The molecule has 6 nitrogen and oxygen atoms in total. The van der Waals surface area contributed by atoms with Gasteiger partial charge in [-0.2, -0.15) is 5.10 Å². The van der Waals surface area contributed by atoms with Gasteiger partial charge in [-0.3, -0.25) is 14.4 Å². The number of nitrogens with one attached hydrogen (secondary N) is 1. The molecule has 0 aliphatic carbocycles. The van der Waals surface area contributed by atoms with E-state index in [0.717, 1.165) is 25.9 Å². The summed E-state index contributed by atoms with van der Waals surface area (Å²) in [5.41, 5.74) is 3.38. The average Bonchev–Trinajstić information content (AvgIpc) is 2.80. The second-order valence-corrected chi connectivity index (χ2v) is 6.06. The lowest BCUT2D eigenvalue weighted by Crippen LogP contribution is -2.28. The van der Waals surface area contributed by atoms with E-state index in [1.807, 2.05) is 0 Å². The molecule has 118 valence electrons. The number of aromatic nitrogens is 4. The predicted molar refractivity (Wildman–Crippen MR) is 88.3 cm³/mol. The van der Waals surface area contributed by atoms with E-state index >= 15 is 0 Å². The quantitative estimate of drug-likeness (QED) is 0.774. The summed E-state index contributed by atoms with van der Waals surface area (Å²) in [5.74, 6) is 0.706. The van der Waals surface area contributed by atoms with Gasteiger partial charge < -0.3 is 4.98 Å². The minimum Gasteiger partial charge on any atom is -0.309 e. The first kappa shape index (κ1) is 14.1. The summed E-state index contributed by atoms with van der Waals surface area (Å²) in [7, 11) is 1.81. The van der Waals surface area contributed by atoms with Crippen LogP contribution in [-0.4, -0.2) is 37.7 Å². The Hall–Kier alpha value is -2.47. The van der Waals surface area contributed by atoms with Crippen LogP contribution in [0.15, 0.2) is 35.3 Å². The second kappa shape index (κ2) is 5.62. The Balaban J connectivity index is 1.57. The van der Waals surface area contributed by atoms with Gasteiger partial charge in [-0.1, -0.05) is 24.3 Å². The molecule has 23 heavy (non-hydrogen) atoms. The molecule has 3 aromatic rings. The molecule has 0 unspecified atom stereocenters. The molecule has 0 saturated heterocycles. The standard InChI is InChI=1S/C17H19N5O/c1-21-16-14(10-18-21)17(23)20-15(19-16)11-22-8-6-12-4-2-3-5-13(12)7-9-22/h2-5,10H,6-9,11H2,1H3,(H,19,20,23). The summed E-state index contributed by atoms with van der Waals surface area (Å²) in [6, 6.07) is 8.62. The average molecular weight is 309 g/mol.